The van der Waals surface area contributed by atoms with Crippen LogP contribution >= 0.6 is 0 Å². The van der Waals surface area contributed by atoms with E-state index in [0.717, 1.165) is 25.0 Å². The molecule has 5 rings (SSSR count). The Labute approximate surface area is 224 Å². The maximum atomic E-state index is 13.1. The van der Waals surface area contributed by atoms with E-state index >= 15 is 0 Å². The number of likely N-dealkylation sites (tertiary alicyclic amines) is 1. The highest BCUT2D eigenvalue weighted by molar-refractivity contribution is 5.82. The van der Waals surface area contributed by atoms with Crippen LogP contribution in [0.2, 0.25) is 0 Å². The summed E-state index contributed by atoms with van der Waals surface area (Å²) in [6.07, 6.45) is -3.21. The molecule has 1 aliphatic heterocycles. The molecule has 5 N–H and O–H groups in total. The van der Waals surface area contributed by atoms with Gasteiger partial charge in [0.25, 0.3) is 5.56 Å². The molecule has 0 spiro atoms. The molecule has 1 saturated heterocycles. The van der Waals surface area contributed by atoms with Crippen molar-refractivity contribution in [3.05, 3.63) is 64.4 Å². The number of hydrogen-bond donors (Lipinski definition) is 4. The Morgan fingerprint density at radius 1 is 1.15 bits per heavy atom. The van der Waals surface area contributed by atoms with Crippen LogP contribution in [0.4, 0.5) is 29.7 Å². The molecule has 1 aliphatic rings. The zero-order valence-electron chi connectivity index (χ0n) is 20.9. The van der Waals surface area contributed by atoms with Crippen molar-refractivity contribution in [1.82, 2.24) is 24.8 Å². The molecular formula is C26H24F3N7O4. The number of aromatic amines is 1. The summed E-state index contributed by atoms with van der Waals surface area (Å²) in [6.45, 7) is 0.637. The van der Waals surface area contributed by atoms with Crippen LogP contribution in [0, 0.1) is 0 Å². The number of nitrogen functional groups attached to an aromatic ring is 1. The minimum atomic E-state index is -4.49. The lowest BCUT2D eigenvalue weighted by Gasteiger charge is -2.33. The average molecular weight is 556 g/mol. The molecule has 0 bridgehead atoms. The van der Waals surface area contributed by atoms with Gasteiger partial charge in [-0.2, -0.15) is 18.2 Å². The van der Waals surface area contributed by atoms with E-state index in [9.17, 15) is 27.9 Å². The van der Waals surface area contributed by atoms with Crippen molar-refractivity contribution in [3.8, 4) is 22.9 Å². The lowest BCUT2D eigenvalue weighted by Crippen LogP contribution is -2.46. The summed E-state index contributed by atoms with van der Waals surface area (Å²) < 4.78 is 45.3. The summed E-state index contributed by atoms with van der Waals surface area (Å²) in [5.74, 6) is 0.0805. The zero-order chi connectivity index (χ0) is 28.4. The highest BCUT2D eigenvalue weighted by atomic mass is 19.4. The number of ether oxygens (including phenoxy) is 1. The molecule has 3 heterocycles. The Morgan fingerprint density at radius 2 is 1.93 bits per heavy atom. The number of carbonyl (C=O) groups is 1. The van der Waals surface area contributed by atoms with Crippen LogP contribution in [0.15, 0.2) is 53.3 Å². The van der Waals surface area contributed by atoms with Crippen LogP contribution in [0.3, 0.4) is 0 Å². The first kappa shape index (κ1) is 26.7. The van der Waals surface area contributed by atoms with Gasteiger partial charge in [-0.15, -0.1) is 0 Å². The van der Waals surface area contributed by atoms with Crippen molar-refractivity contribution < 1.29 is 27.8 Å². The second-order valence-electron chi connectivity index (χ2n) is 9.20. The fourth-order valence-corrected chi connectivity index (χ4v) is 4.50. The number of para-hydroxylation sites is 1. The molecule has 208 valence electrons. The van der Waals surface area contributed by atoms with Gasteiger partial charge in [0, 0.05) is 24.7 Å². The number of alkyl halides is 3. The number of fused-ring (bicyclic) bond motifs is 1. The van der Waals surface area contributed by atoms with Gasteiger partial charge >= 0.3 is 12.3 Å². The summed E-state index contributed by atoms with van der Waals surface area (Å²) in [7, 11) is 0. The van der Waals surface area contributed by atoms with Crippen molar-refractivity contribution in [2.45, 2.75) is 31.5 Å². The SMILES string of the molecule is Nc1nc2c(Oc3cc(-c4ccc(C(F)(F)F)cc4)nc(NC[C@H]4CCCCN4C(=O)O)n3)cccc2[nH]c1=O. The van der Waals surface area contributed by atoms with Crippen molar-refractivity contribution in [2.75, 3.05) is 24.1 Å². The molecule has 1 atom stereocenters. The van der Waals surface area contributed by atoms with Gasteiger partial charge in [0.15, 0.2) is 11.6 Å². The largest absolute Gasteiger partial charge is 0.465 e. The molecule has 0 unspecified atom stereocenters. The van der Waals surface area contributed by atoms with E-state index in [4.69, 9.17) is 10.5 Å². The maximum absolute atomic E-state index is 13.1. The number of halogens is 3. The number of amides is 1. The first-order chi connectivity index (χ1) is 19.1. The van der Waals surface area contributed by atoms with E-state index in [-0.39, 0.29) is 47.2 Å². The van der Waals surface area contributed by atoms with Crippen molar-refractivity contribution in [3.63, 3.8) is 0 Å². The number of nitrogens with one attached hydrogen (secondary N) is 2. The van der Waals surface area contributed by atoms with Gasteiger partial charge < -0.3 is 30.8 Å². The zero-order valence-corrected chi connectivity index (χ0v) is 20.9. The number of hydrogen-bond acceptors (Lipinski definition) is 8. The molecule has 40 heavy (non-hydrogen) atoms. The highest BCUT2D eigenvalue weighted by Crippen LogP contribution is 2.33. The topological polar surface area (TPSA) is 159 Å². The first-order valence-corrected chi connectivity index (χ1v) is 12.3. The number of aromatic nitrogens is 4. The van der Waals surface area contributed by atoms with Crippen molar-refractivity contribution >= 4 is 28.9 Å². The Hall–Kier alpha value is -4.88. The molecule has 0 saturated carbocycles. The predicted molar refractivity (Wildman–Crippen MR) is 140 cm³/mol. The highest BCUT2D eigenvalue weighted by Gasteiger charge is 2.30. The van der Waals surface area contributed by atoms with Crippen molar-refractivity contribution in [2.24, 2.45) is 0 Å². The molecule has 14 heteroatoms. The summed E-state index contributed by atoms with van der Waals surface area (Å²) in [6, 6.07) is 10.5. The lowest BCUT2D eigenvalue weighted by atomic mass is 10.0. The first-order valence-electron chi connectivity index (χ1n) is 12.3. The summed E-state index contributed by atoms with van der Waals surface area (Å²) in [5.41, 5.74) is 5.60. The van der Waals surface area contributed by atoms with Crippen LogP contribution in [-0.2, 0) is 6.18 Å². The van der Waals surface area contributed by atoms with Crippen LogP contribution in [0.25, 0.3) is 22.3 Å². The second kappa shape index (κ2) is 10.7. The molecule has 2 aromatic heterocycles. The number of benzene rings is 2. The third kappa shape index (κ3) is 5.75. The van der Waals surface area contributed by atoms with E-state index in [1.54, 1.807) is 18.2 Å². The Morgan fingerprint density at radius 3 is 2.65 bits per heavy atom. The number of anilines is 2. The normalized spacial score (nSPS) is 15.7. The molecule has 0 aliphatic carbocycles. The summed E-state index contributed by atoms with van der Waals surface area (Å²) >= 11 is 0. The van der Waals surface area contributed by atoms with E-state index in [1.807, 2.05) is 0 Å². The number of nitrogens with zero attached hydrogens (tertiary/aromatic N) is 4. The molecule has 1 amide bonds. The molecule has 2 aromatic carbocycles. The number of rotatable bonds is 6. The molecule has 1 fully saturated rings. The molecule has 0 radical (unpaired) electrons. The van der Waals surface area contributed by atoms with E-state index in [2.05, 4.69) is 25.3 Å². The minimum absolute atomic E-state index is 0.0326. The van der Waals surface area contributed by atoms with Gasteiger partial charge in [0.05, 0.1) is 22.8 Å². The van der Waals surface area contributed by atoms with Gasteiger partial charge in [-0.25, -0.2) is 14.8 Å². The standard InChI is InChI=1S/C26H24F3N7O4/c27-26(28,29)15-9-7-14(8-10-15)18-12-20(40-19-6-3-5-17-21(19)35-22(30)23(37)32-17)34-24(33-18)31-13-16-4-1-2-11-36(16)25(38)39/h3,5-10,12,16H,1-2,4,11,13H2,(H2,30,35)(H,32,37)(H,38,39)(H,31,33,34)/t16-/m1/s1. The predicted octanol–water partition coefficient (Wildman–Crippen LogP) is 4.72. The van der Waals surface area contributed by atoms with Crippen LogP contribution in [0.1, 0.15) is 24.8 Å². The second-order valence-corrected chi connectivity index (χ2v) is 9.20. The fourth-order valence-electron chi connectivity index (χ4n) is 4.50. The van der Waals surface area contributed by atoms with Gasteiger partial charge in [0.1, 0.15) is 5.52 Å². The van der Waals surface area contributed by atoms with Gasteiger partial charge in [-0.05, 0) is 43.5 Å². The van der Waals surface area contributed by atoms with Gasteiger partial charge in [-0.3, -0.25) is 4.79 Å². The third-order valence-corrected chi connectivity index (χ3v) is 6.51. The average Bonchev–Trinajstić information content (AvgIpc) is 2.92. The fraction of sp³-hybridized carbons (Fsp3) is 0.269. The monoisotopic (exact) mass is 555 g/mol. The van der Waals surface area contributed by atoms with Gasteiger partial charge in [-0.1, -0.05) is 18.2 Å². The van der Waals surface area contributed by atoms with Crippen LogP contribution < -0.4 is 21.3 Å². The molecular weight excluding hydrogens is 531 g/mol. The van der Waals surface area contributed by atoms with E-state index in [1.165, 1.54) is 23.1 Å². The smallest absolute Gasteiger partial charge is 0.416 e. The number of nitrogens with two attached hydrogens (primary N) is 1. The van der Waals surface area contributed by atoms with Gasteiger partial charge in [0.2, 0.25) is 11.8 Å². The Bertz CT molecular complexity index is 1610. The minimum Gasteiger partial charge on any atom is -0.465 e. The van der Waals surface area contributed by atoms with E-state index in [0.29, 0.717) is 24.0 Å². The summed E-state index contributed by atoms with van der Waals surface area (Å²) in [5, 5.41) is 12.6. The molecule has 11 nitrogen and oxygen atoms in total. The molecule has 4 aromatic rings. The van der Waals surface area contributed by atoms with Crippen molar-refractivity contribution in [1.29, 1.82) is 0 Å². The Kier molecular flexibility index (Phi) is 7.15. The van der Waals surface area contributed by atoms with E-state index < -0.39 is 23.4 Å². The lowest BCUT2D eigenvalue weighted by molar-refractivity contribution is -0.137. The number of carboxylic acid groups (broad SMARTS) is 1. The Balaban J connectivity index is 1.50. The number of piperidine rings is 1. The van der Waals surface area contributed by atoms with Crippen LogP contribution in [-0.4, -0.2) is 55.2 Å². The summed E-state index contributed by atoms with van der Waals surface area (Å²) in [4.78, 5) is 40.5. The maximum Gasteiger partial charge on any atom is 0.416 e. The quantitative estimate of drug-likeness (QED) is 0.264. The van der Waals surface area contributed by atoms with Crippen LogP contribution in [0.5, 0.6) is 11.6 Å². The number of H-pyrrole nitrogens is 1. The third-order valence-electron chi connectivity index (χ3n) is 6.51.